The first-order chi connectivity index (χ1) is 5.65. The SMILES string of the molecule is COC1CCC(C(C)=O)CC1F. The topological polar surface area (TPSA) is 26.3 Å². The van der Waals surface area contributed by atoms with Crippen LogP contribution in [0.4, 0.5) is 4.39 Å². The standard InChI is InChI=1S/C9H15FO2/c1-6(11)7-3-4-9(12-2)8(10)5-7/h7-9H,3-5H2,1-2H3. The van der Waals surface area contributed by atoms with Gasteiger partial charge in [0.05, 0.1) is 6.10 Å². The highest BCUT2D eigenvalue weighted by Crippen LogP contribution is 2.28. The normalized spacial score (nSPS) is 36.4. The first-order valence-corrected chi connectivity index (χ1v) is 4.32. The Morgan fingerprint density at radius 2 is 2.17 bits per heavy atom. The predicted octanol–water partition coefficient (Wildman–Crippen LogP) is 1.73. The lowest BCUT2D eigenvalue weighted by atomic mass is 9.84. The molecule has 1 rings (SSSR count). The Bertz CT molecular complexity index is 170. The summed E-state index contributed by atoms with van der Waals surface area (Å²) in [6.07, 6.45) is 0.530. The first kappa shape index (κ1) is 9.65. The number of halogens is 1. The Hall–Kier alpha value is -0.440. The number of carbonyl (C=O) groups is 1. The number of ketones is 1. The molecule has 0 spiro atoms. The van der Waals surface area contributed by atoms with E-state index in [4.69, 9.17) is 4.74 Å². The van der Waals surface area contributed by atoms with Gasteiger partial charge in [-0.1, -0.05) is 0 Å². The highest BCUT2D eigenvalue weighted by Gasteiger charge is 2.32. The van der Waals surface area contributed by atoms with Crippen LogP contribution in [-0.4, -0.2) is 25.2 Å². The predicted molar refractivity (Wildman–Crippen MR) is 43.7 cm³/mol. The van der Waals surface area contributed by atoms with E-state index in [1.165, 1.54) is 14.0 Å². The Balaban J connectivity index is 2.46. The average Bonchev–Trinajstić information content (AvgIpc) is 2.04. The maximum atomic E-state index is 13.2. The monoisotopic (exact) mass is 174 g/mol. The van der Waals surface area contributed by atoms with Crippen molar-refractivity contribution in [3.8, 4) is 0 Å². The van der Waals surface area contributed by atoms with Gasteiger partial charge in [-0.3, -0.25) is 4.79 Å². The molecule has 1 aliphatic rings. The third-order valence-corrected chi connectivity index (χ3v) is 2.59. The van der Waals surface area contributed by atoms with E-state index in [0.717, 1.165) is 6.42 Å². The molecule has 1 aliphatic carbocycles. The van der Waals surface area contributed by atoms with Crippen LogP contribution in [0.15, 0.2) is 0 Å². The minimum Gasteiger partial charge on any atom is -0.378 e. The smallest absolute Gasteiger partial charge is 0.133 e. The van der Waals surface area contributed by atoms with Crippen molar-refractivity contribution in [1.82, 2.24) is 0 Å². The summed E-state index contributed by atoms with van der Waals surface area (Å²) in [5, 5.41) is 0. The molecular formula is C9H15FO2. The van der Waals surface area contributed by atoms with Crippen LogP contribution in [0.1, 0.15) is 26.2 Å². The van der Waals surface area contributed by atoms with Crippen molar-refractivity contribution in [1.29, 1.82) is 0 Å². The van der Waals surface area contributed by atoms with Crippen LogP contribution in [-0.2, 0) is 9.53 Å². The molecule has 0 aliphatic heterocycles. The van der Waals surface area contributed by atoms with Crippen molar-refractivity contribution in [2.24, 2.45) is 5.92 Å². The van der Waals surface area contributed by atoms with E-state index in [1.54, 1.807) is 0 Å². The minimum absolute atomic E-state index is 0.0774. The van der Waals surface area contributed by atoms with Gasteiger partial charge in [-0.2, -0.15) is 0 Å². The molecule has 0 aromatic heterocycles. The van der Waals surface area contributed by atoms with Gasteiger partial charge in [0.15, 0.2) is 0 Å². The molecule has 0 N–H and O–H groups in total. The molecule has 0 heterocycles. The number of ether oxygens (including phenoxy) is 1. The highest BCUT2D eigenvalue weighted by atomic mass is 19.1. The van der Waals surface area contributed by atoms with E-state index in [1.807, 2.05) is 0 Å². The van der Waals surface area contributed by atoms with E-state index in [0.29, 0.717) is 12.8 Å². The summed E-state index contributed by atoms with van der Waals surface area (Å²) < 4.78 is 18.1. The molecule has 3 unspecified atom stereocenters. The summed E-state index contributed by atoms with van der Waals surface area (Å²) in [6, 6.07) is 0. The number of alkyl halides is 1. The zero-order chi connectivity index (χ0) is 9.14. The quantitative estimate of drug-likeness (QED) is 0.637. The fourth-order valence-corrected chi connectivity index (χ4v) is 1.72. The fraction of sp³-hybridized carbons (Fsp3) is 0.889. The van der Waals surface area contributed by atoms with Gasteiger partial charge in [0.2, 0.25) is 0 Å². The summed E-state index contributed by atoms with van der Waals surface area (Å²) in [4.78, 5) is 10.9. The van der Waals surface area contributed by atoms with Gasteiger partial charge < -0.3 is 4.74 Å². The molecule has 1 saturated carbocycles. The molecule has 0 aromatic carbocycles. The van der Waals surface area contributed by atoms with E-state index < -0.39 is 6.17 Å². The van der Waals surface area contributed by atoms with Gasteiger partial charge in [0.25, 0.3) is 0 Å². The van der Waals surface area contributed by atoms with Crippen LogP contribution in [0, 0.1) is 5.92 Å². The molecule has 0 bridgehead atoms. The number of methoxy groups -OCH3 is 1. The highest BCUT2D eigenvalue weighted by molar-refractivity contribution is 5.78. The molecule has 3 atom stereocenters. The first-order valence-electron chi connectivity index (χ1n) is 4.32. The lowest BCUT2D eigenvalue weighted by molar-refractivity contribution is -0.124. The number of rotatable bonds is 2. The van der Waals surface area contributed by atoms with Crippen molar-refractivity contribution in [3.63, 3.8) is 0 Å². The van der Waals surface area contributed by atoms with Crippen molar-refractivity contribution in [3.05, 3.63) is 0 Å². The minimum atomic E-state index is -0.961. The molecule has 70 valence electrons. The van der Waals surface area contributed by atoms with Gasteiger partial charge in [0, 0.05) is 13.0 Å². The Morgan fingerprint density at radius 1 is 1.50 bits per heavy atom. The maximum absolute atomic E-state index is 13.2. The number of Topliss-reactive ketones (excluding diaryl/α,β-unsaturated/α-hetero) is 1. The molecule has 1 fully saturated rings. The van der Waals surface area contributed by atoms with Gasteiger partial charge in [-0.25, -0.2) is 4.39 Å². The number of carbonyl (C=O) groups excluding carboxylic acids is 1. The molecule has 0 saturated heterocycles. The largest absolute Gasteiger partial charge is 0.378 e. The second-order valence-corrected chi connectivity index (χ2v) is 3.41. The molecule has 0 amide bonds. The molecule has 2 nitrogen and oxygen atoms in total. The van der Waals surface area contributed by atoms with E-state index in [2.05, 4.69) is 0 Å². The Morgan fingerprint density at radius 3 is 2.58 bits per heavy atom. The summed E-state index contributed by atoms with van der Waals surface area (Å²) in [6.45, 7) is 1.53. The second kappa shape index (κ2) is 3.99. The molecule has 0 aromatic rings. The van der Waals surface area contributed by atoms with Gasteiger partial charge >= 0.3 is 0 Å². The number of hydrogen-bond donors (Lipinski definition) is 0. The summed E-state index contributed by atoms with van der Waals surface area (Å²) >= 11 is 0. The van der Waals surface area contributed by atoms with Crippen LogP contribution in [0.2, 0.25) is 0 Å². The summed E-state index contributed by atoms with van der Waals surface area (Å²) in [5.41, 5.74) is 0. The lowest BCUT2D eigenvalue weighted by Gasteiger charge is -2.29. The Kier molecular flexibility index (Phi) is 3.20. The second-order valence-electron chi connectivity index (χ2n) is 3.41. The molecule has 0 radical (unpaired) electrons. The van der Waals surface area contributed by atoms with Gasteiger partial charge in [-0.15, -0.1) is 0 Å². The molecular weight excluding hydrogens is 159 g/mol. The van der Waals surface area contributed by atoms with Crippen molar-refractivity contribution in [2.75, 3.05) is 7.11 Å². The molecule has 3 heteroatoms. The van der Waals surface area contributed by atoms with Crippen molar-refractivity contribution >= 4 is 5.78 Å². The van der Waals surface area contributed by atoms with Crippen LogP contribution in [0.3, 0.4) is 0 Å². The van der Waals surface area contributed by atoms with E-state index in [9.17, 15) is 9.18 Å². The fourth-order valence-electron chi connectivity index (χ4n) is 1.72. The lowest BCUT2D eigenvalue weighted by Crippen LogP contribution is -2.34. The van der Waals surface area contributed by atoms with Crippen LogP contribution < -0.4 is 0 Å². The number of hydrogen-bond acceptors (Lipinski definition) is 2. The van der Waals surface area contributed by atoms with Crippen molar-refractivity contribution < 1.29 is 13.9 Å². The van der Waals surface area contributed by atoms with Crippen LogP contribution in [0.5, 0.6) is 0 Å². The average molecular weight is 174 g/mol. The Labute approximate surface area is 72.1 Å². The van der Waals surface area contributed by atoms with E-state index >= 15 is 0 Å². The van der Waals surface area contributed by atoms with Gasteiger partial charge in [-0.05, 0) is 26.2 Å². The van der Waals surface area contributed by atoms with Crippen molar-refractivity contribution in [2.45, 2.75) is 38.5 Å². The summed E-state index contributed by atoms with van der Waals surface area (Å²) in [7, 11) is 1.52. The van der Waals surface area contributed by atoms with Crippen LogP contribution >= 0.6 is 0 Å². The maximum Gasteiger partial charge on any atom is 0.133 e. The zero-order valence-electron chi connectivity index (χ0n) is 7.55. The van der Waals surface area contributed by atoms with Crippen LogP contribution in [0.25, 0.3) is 0 Å². The summed E-state index contributed by atoms with van der Waals surface area (Å²) in [5.74, 6) is 0.0265. The third-order valence-electron chi connectivity index (χ3n) is 2.59. The zero-order valence-corrected chi connectivity index (χ0v) is 7.55. The van der Waals surface area contributed by atoms with E-state index in [-0.39, 0.29) is 17.8 Å². The third kappa shape index (κ3) is 2.03. The molecule has 12 heavy (non-hydrogen) atoms. The van der Waals surface area contributed by atoms with Gasteiger partial charge in [0.1, 0.15) is 12.0 Å².